The van der Waals surface area contributed by atoms with Crippen molar-refractivity contribution >= 4 is 10.9 Å². The zero-order valence-electron chi connectivity index (χ0n) is 9.50. The molecular weight excluding hydrogens is 203 g/mol. The summed E-state index contributed by atoms with van der Waals surface area (Å²) in [7, 11) is 0. The Labute approximate surface area is 94.3 Å². The van der Waals surface area contributed by atoms with Gasteiger partial charge in [-0.2, -0.15) is 0 Å². The van der Waals surface area contributed by atoms with E-state index < -0.39 is 0 Å². The number of nitrogens with two attached hydrogens (primary N) is 1. The molecule has 0 amide bonds. The molecule has 2 N–H and O–H groups in total. The van der Waals surface area contributed by atoms with Crippen LogP contribution in [0.25, 0.3) is 10.9 Å². The van der Waals surface area contributed by atoms with Gasteiger partial charge >= 0.3 is 0 Å². The highest BCUT2D eigenvalue weighted by molar-refractivity contribution is 5.82. The Kier molecular flexibility index (Phi) is 2.88. The van der Waals surface area contributed by atoms with Crippen molar-refractivity contribution in [3.63, 3.8) is 0 Å². The number of benzene rings is 1. The molecular formula is C13H15FN2. The number of hydrogen-bond acceptors (Lipinski definition) is 2. The fourth-order valence-corrected chi connectivity index (χ4v) is 1.77. The number of aryl methyl sites for hydroxylation is 1. The molecule has 0 aliphatic heterocycles. The normalized spacial score (nSPS) is 13.0. The highest BCUT2D eigenvalue weighted by atomic mass is 19.1. The average Bonchev–Trinajstić information content (AvgIpc) is 2.27. The van der Waals surface area contributed by atoms with E-state index in [-0.39, 0.29) is 11.7 Å². The lowest BCUT2D eigenvalue weighted by atomic mass is 10.0. The zero-order chi connectivity index (χ0) is 11.7. The first-order valence-corrected chi connectivity index (χ1v) is 5.38. The number of fused-ring (bicyclic) bond motifs is 1. The first-order chi connectivity index (χ1) is 7.61. The molecule has 1 aromatic carbocycles. The van der Waals surface area contributed by atoms with Crippen LogP contribution in [0.15, 0.2) is 24.3 Å². The Hall–Kier alpha value is -1.48. The lowest BCUT2D eigenvalue weighted by molar-refractivity contribution is 0.629. The Morgan fingerprint density at radius 2 is 2.12 bits per heavy atom. The van der Waals surface area contributed by atoms with Crippen LogP contribution < -0.4 is 5.73 Å². The van der Waals surface area contributed by atoms with Crippen molar-refractivity contribution in [1.82, 2.24) is 4.98 Å². The van der Waals surface area contributed by atoms with Gasteiger partial charge in [0, 0.05) is 29.6 Å². The Morgan fingerprint density at radius 1 is 1.38 bits per heavy atom. The quantitative estimate of drug-likeness (QED) is 0.841. The van der Waals surface area contributed by atoms with Crippen LogP contribution >= 0.6 is 0 Å². The number of nitrogens with zero attached hydrogens (tertiary/aromatic N) is 1. The van der Waals surface area contributed by atoms with E-state index in [1.54, 1.807) is 6.07 Å². The van der Waals surface area contributed by atoms with Crippen molar-refractivity contribution < 1.29 is 4.39 Å². The van der Waals surface area contributed by atoms with Crippen LogP contribution in [0.3, 0.4) is 0 Å². The van der Waals surface area contributed by atoms with Gasteiger partial charge in [-0.3, -0.25) is 4.98 Å². The summed E-state index contributed by atoms with van der Waals surface area (Å²) in [5.74, 6) is -0.0525. The summed E-state index contributed by atoms with van der Waals surface area (Å²) in [6.45, 7) is 4.58. The van der Waals surface area contributed by atoms with E-state index in [0.29, 0.717) is 12.1 Å². The van der Waals surface area contributed by atoms with Crippen molar-refractivity contribution in [2.45, 2.75) is 19.8 Å². The lowest BCUT2D eigenvalue weighted by Crippen LogP contribution is -2.10. The molecule has 0 aliphatic rings. The average molecular weight is 218 g/mol. The molecule has 1 heterocycles. The molecule has 2 nitrogen and oxygen atoms in total. The van der Waals surface area contributed by atoms with E-state index in [2.05, 4.69) is 4.98 Å². The van der Waals surface area contributed by atoms with Crippen LogP contribution in [-0.4, -0.2) is 11.5 Å². The van der Waals surface area contributed by atoms with Crippen LogP contribution in [0.2, 0.25) is 0 Å². The SMILES string of the molecule is Cc1cc(C(C)CN)nc2cc(F)ccc12. The molecule has 1 unspecified atom stereocenters. The van der Waals surface area contributed by atoms with Gasteiger partial charge in [-0.25, -0.2) is 4.39 Å². The van der Waals surface area contributed by atoms with Gasteiger partial charge in [-0.1, -0.05) is 6.92 Å². The van der Waals surface area contributed by atoms with Gasteiger partial charge in [0.1, 0.15) is 5.82 Å². The third-order valence-corrected chi connectivity index (χ3v) is 2.86. The second-order valence-electron chi connectivity index (χ2n) is 4.16. The molecule has 0 saturated heterocycles. The largest absolute Gasteiger partial charge is 0.330 e. The summed E-state index contributed by atoms with van der Waals surface area (Å²) in [6, 6.07) is 6.72. The van der Waals surface area contributed by atoms with E-state index in [9.17, 15) is 4.39 Å². The van der Waals surface area contributed by atoms with Crippen molar-refractivity contribution in [2.24, 2.45) is 5.73 Å². The summed E-state index contributed by atoms with van der Waals surface area (Å²) in [4.78, 5) is 4.45. The molecule has 0 radical (unpaired) electrons. The molecule has 0 fully saturated rings. The topological polar surface area (TPSA) is 38.9 Å². The van der Waals surface area contributed by atoms with Gasteiger partial charge < -0.3 is 5.73 Å². The number of halogens is 1. The second kappa shape index (κ2) is 4.18. The number of hydrogen-bond donors (Lipinski definition) is 1. The Morgan fingerprint density at radius 3 is 2.81 bits per heavy atom. The van der Waals surface area contributed by atoms with Crippen LogP contribution in [0.4, 0.5) is 4.39 Å². The third kappa shape index (κ3) is 1.91. The minimum atomic E-state index is -0.253. The molecule has 1 atom stereocenters. The van der Waals surface area contributed by atoms with Crippen LogP contribution in [0.1, 0.15) is 24.1 Å². The van der Waals surface area contributed by atoms with Gasteiger partial charge in [0.05, 0.1) is 5.52 Å². The number of pyridine rings is 1. The highest BCUT2D eigenvalue weighted by Gasteiger charge is 2.08. The fraction of sp³-hybridized carbons (Fsp3) is 0.308. The van der Waals surface area contributed by atoms with Gasteiger partial charge in [-0.05, 0) is 30.7 Å². The predicted molar refractivity (Wildman–Crippen MR) is 63.9 cm³/mol. The molecule has 3 heteroatoms. The second-order valence-corrected chi connectivity index (χ2v) is 4.16. The summed E-state index contributed by atoms with van der Waals surface area (Å²) < 4.78 is 13.1. The minimum absolute atomic E-state index is 0.200. The van der Waals surface area contributed by atoms with Crippen molar-refractivity contribution in [3.05, 3.63) is 41.3 Å². The predicted octanol–water partition coefficient (Wildman–Crippen LogP) is 2.74. The summed E-state index contributed by atoms with van der Waals surface area (Å²) >= 11 is 0. The Bertz CT molecular complexity index is 523. The molecule has 2 rings (SSSR count). The van der Waals surface area contributed by atoms with Crippen LogP contribution in [0, 0.1) is 12.7 Å². The molecule has 0 saturated carbocycles. The maximum atomic E-state index is 13.1. The van der Waals surface area contributed by atoms with E-state index in [1.807, 2.05) is 19.9 Å². The zero-order valence-corrected chi connectivity index (χ0v) is 9.50. The number of aromatic nitrogens is 1. The van der Waals surface area contributed by atoms with Gasteiger partial charge in [0.15, 0.2) is 0 Å². The smallest absolute Gasteiger partial charge is 0.125 e. The van der Waals surface area contributed by atoms with Gasteiger partial charge in [0.25, 0.3) is 0 Å². The maximum Gasteiger partial charge on any atom is 0.125 e. The number of rotatable bonds is 2. The standard InChI is InChI=1S/C13H15FN2/c1-8-5-12(9(2)7-15)16-13-6-10(14)3-4-11(8)13/h3-6,9H,7,15H2,1-2H3. The Balaban J connectivity index is 2.65. The maximum absolute atomic E-state index is 13.1. The lowest BCUT2D eigenvalue weighted by Gasteiger charge is -2.11. The van der Waals surface area contributed by atoms with Crippen molar-refractivity contribution in [1.29, 1.82) is 0 Å². The van der Waals surface area contributed by atoms with E-state index >= 15 is 0 Å². The summed E-state index contributed by atoms with van der Waals surface area (Å²) in [5, 5.41) is 0.995. The molecule has 1 aromatic heterocycles. The fourth-order valence-electron chi connectivity index (χ4n) is 1.77. The highest BCUT2D eigenvalue weighted by Crippen LogP contribution is 2.22. The van der Waals surface area contributed by atoms with E-state index in [1.165, 1.54) is 12.1 Å². The van der Waals surface area contributed by atoms with Gasteiger partial charge in [-0.15, -0.1) is 0 Å². The summed E-state index contributed by atoms with van der Waals surface area (Å²) in [5.41, 5.74) is 8.36. The molecule has 2 aromatic rings. The van der Waals surface area contributed by atoms with Crippen molar-refractivity contribution in [2.75, 3.05) is 6.54 Å². The van der Waals surface area contributed by atoms with Crippen LogP contribution in [-0.2, 0) is 0 Å². The summed E-state index contributed by atoms with van der Waals surface area (Å²) in [6.07, 6.45) is 0. The van der Waals surface area contributed by atoms with E-state index in [0.717, 1.165) is 16.6 Å². The molecule has 0 spiro atoms. The van der Waals surface area contributed by atoms with Crippen LogP contribution in [0.5, 0.6) is 0 Å². The first kappa shape index (κ1) is 11.0. The monoisotopic (exact) mass is 218 g/mol. The molecule has 16 heavy (non-hydrogen) atoms. The van der Waals surface area contributed by atoms with Gasteiger partial charge in [0.2, 0.25) is 0 Å². The van der Waals surface area contributed by atoms with Crippen molar-refractivity contribution in [3.8, 4) is 0 Å². The third-order valence-electron chi connectivity index (χ3n) is 2.86. The first-order valence-electron chi connectivity index (χ1n) is 5.38. The molecule has 0 aliphatic carbocycles. The minimum Gasteiger partial charge on any atom is -0.330 e. The van der Waals surface area contributed by atoms with E-state index in [4.69, 9.17) is 5.73 Å². The molecule has 0 bridgehead atoms. The molecule has 84 valence electrons.